The number of phenolic OH excluding ortho intramolecular Hbond substituents is 1. The topological polar surface area (TPSA) is 40.5 Å². The number of carbonyl (C=O) groups excluding carboxylic acids is 1. The normalized spacial score (nSPS) is 10.8. The van der Waals surface area contributed by atoms with E-state index in [1.807, 2.05) is 4.90 Å². The first kappa shape index (κ1) is 16.0. The molecule has 0 bridgehead atoms. The number of nitrogens with zero attached hydrogens (tertiary/aromatic N) is 1. The van der Waals surface area contributed by atoms with Crippen LogP contribution < -0.4 is 0 Å². The van der Waals surface area contributed by atoms with E-state index in [-0.39, 0.29) is 17.7 Å². The first-order valence-corrected chi connectivity index (χ1v) is 7.83. The Balaban J connectivity index is 3.01. The molecular formula is C15H22BrNO2. The monoisotopic (exact) mass is 327 g/mol. The molecule has 1 aromatic carbocycles. The predicted octanol–water partition coefficient (Wildman–Crippen LogP) is 3.73. The summed E-state index contributed by atoms with van der Waals surface area (Å²) in [5.41, 5.74) is 1.37. The Morgan fingerprint density at radius 1 is 1.37 bits per heavy atom. The van der Waals surface area contributed by atoms with E-state index in [1.54, 1.807) is 25.1 Å². The van der Waals surface area contributed by atoms with Crippen molar-refractivity contribution >= 4 is 21.8 Å². The molecule has 0 aromatic heterocycles. The highest BCUT2D eigenvalue weighted by molar-refractivity contribution is 9.09. The van der Waals surface area contributed by atoms with Crippen molar-refractivity contribution in [3.05, 3.63) is 29.3 Å². The maximum Gasteiger partial charge on any atom is 0.254 e. The van der Waals surface area contributed by atoms with E-state index in [4.69, 9.17) is 0 Å². The van der Waals surface area contributed by atoms with Gasteiger partial charge in [0.1, 0.15) is 5.75 Å². The number of aryl methyl sites for hydroxylation is 1. The van der Waals surface area contributed by atoms with Crippen molar-refractivity contribution in [2.45, 2.75) is 39.7 Å². The van der Waals surface area contributed by atoms with Crippen molar-refractivity contribution < 1.29 is 9.90 Å². The van der Waals surface area contributed by atoms with Crippen LogP contribution in [-0.2, 0) is 0 Å². The fourth-order valence-corrected chi connectivity index (χ4v) is 2.61. The van der Waals surface area contributed by atoms with E-state index >= 15 is 0 Å². The number of amides is 1. The van der Waals surface area contributed by atoms with E-state index in [1.165, 1.54) is 0 Å². The molecule has 0 aliphatic carbocycles. The Labute approximate surface area is 123 Å². The number of hydrogen-bond acceptors (Lipinski definition) is 2. The maximum absolute atomic E-state index is 12.6. The zero-order valence-corrected chi connectivity index (χ0v) is 13.4. The van der Waals surface area contributed by atoms with Crippen LogP contribution >= 0.6 is 15.9 Å². The summed E-state index contributed by atoms with van der Waals surface area (Å²) in [6.45, 7) is 6.71. The summed E-state index contributed by atoms with van der Waals surface area (Å²) >= 11 is 3.41. The van der Waals surface area contributed by atoms with Crippen molar-refractivity contribution in [3.8, 4) is 5.75 Å². The summed E-state index contributed by atoms with van der Waals surface area (Å²) in [5, 5.41) is 10.3. The maximum atomic E-state index is 12.6. The Morgan fingerprint density at radius 3 is 2.47 bits per heavy atom. The van der Waals surface area contributed by atoms with Crippen LogP contribution in [-0.4, -0.2) is 33.8 Å². The van der Waals surface area contributed by atoms with Gasteiger partial charge < -0.3 is 10.0 Å². The molecule has 1 rings (SSSR count). The molecule has 0 radical (unpaired) electrons. The van der Waals surface area contributed by atoms with Crippen LogP contribution in [0.3, 0.4) is 0 Å². The largest absolute Gasteiger partial charge is 0.508 e. The average Bonchev–Trinajstić information content (AvgIpc) is 2.41. The number of phenols is 1. The SMILES string of the molecule is CCC(CC)N(CCBr)C(=O)c1ccc(O)c(C)c1. The number of rotatable bonds is 6. The van der Waals surface area contributed by atoms with Gasteiger partial charge in [-0.3, -0.25) is 4.79 Å². The Kier molecular flexibility index (Phi) is 6.35. The van der Waals surface area contributed by atoms with E-state index in [2.05, 4.69) is 29.8 Å². The molecule has 0 fully saturated rings. The van der Waals surface area contributed by atoms with Gasteiger partial charge >= 0.3 is 0 Å². The van der Waals surface area contributed by atoms with Crippen molar-refractivity contribution in [1.82, 2.24) is 4.90 Å². The highest BCUT2D eigenvalue weighted by Gasteiger charge is 2.22. The summed E-state index contributed by atoms with van der Waals surface area (Å²) in [4.78, 5) is 14.5. The number of benzene rings is 1. The molecule has 3 nitrogen and oxygen atoms in total. The zero-order valence-electron chi connectivity index (χ0n) is 11.8. The minimum Gasteiger partial charge on any atom is -0.508 e. The number of hydrogen-bond donors (Lipinski definition) is 1. The molecule has 4 heteroatoms. The molecule has 0 atom stereocenters. The number of alkyl halides is 1. The van der Waals surface area contributed by atoms with Gasteiger partial charge in [0.15, 0.2) is 0 Å². The summed E-state index contributed by atoms with van der Waals surface area (Å²) in [6, 6.07) is 5.29. The van der Waals surface area contributed by atoms with Gasteiger partial charge in [0.2, 0.25) is 0 Å². The third kappa shape index (κ3) is 3.96. The lowest BCUT2D eigenvalue weighted by atomic mass is 10.1. The van der Waals surface area contributed by atoms with E-state index in [0.29, 0.717) is 12.1 Å². The second-order valence-electron chi connectivity index (χ2n) is 4.66. The standard InChI is InChI=1S/C15H22BrNO2/c1-4-13(5-2)17(9-8-16)15(19)12-6-7-14(18)11(3)10-12/h6-7,10,13,18H,4-5,8-9H2,1-3H3. The lowest BCUT2D eigenvalue weighted by molar-refractivity contribution is 0.0683. The first-order chi connectivity index (χ1) is 9.04. The van der Waals surface area contributed by atoms with Crippen LogP contribution in [0.15, 0.2) is 18.2 Å². The summed E-state index contributed by atoms with van der Waals surface area (Å²) < 4.78 is 0. The molecular weight excluding hydrogens is 306 g/mol. The summed E-state index contributed by atoms with van der Waals surface area (Å²) in [7, 11) is 0. The van der Waals surface area contributed by atoms with Gasteiger partial charge in [0, 0.05) is 23.5 Å². The molecule has 1 N–H and O–H groups in total. The molecule has 1 aromatic rings. The highest BCUT2D eigenvalue weighted by Crippen LogP contribution is 2.20. The molecule has 0 spiro atoms. The van der Waals surface area contributed by atoms with Gasteiger partial charge in [-0.1, -0.05) is 29.8 Å². The summed E-state index contributed by atoms with van der Waals surface area (Å²) in [5.74, 6) is 0.266. The van der Waals surface area contributed by atoms with Crippen molar-refractivity contribution in [2.24, 2.45) is 0 Å². The van der Waals surface area contributed by atoms with Crippen LogP contribution in [0.5, 0.6) is 5.75 Å². The molecule has 0 unspecified atom stereocenters. The molecule has 1 amide bonds. The summed E-state index contributed by atoms with van der Waals surface area (Å²) in [6.07, 6.45) is 1.90. The van der Waals surface area contributed by atoms with Crippen molar-refractivity contribution in [1.29, 1.82) is 0 Å². The number of carbonyl (C=O) groups is 1. The van der Waals surface area contributed by atoms with Crippen LogP contribution in [0.1, 0.15) is 42.6 Å². The second-order valence-corrected chi connectivity index (χ2v) is 5.45. The van der Waals surface area contributed by atoms with Gasteiger partial charge in [0.25, 0.3) is 5.91 Å². The van der Waals surface area contributed by atoms with E-state index in [0.717, 1.165) is 23.7 Å². The zero-order chi connectivity index (χ0) is 14.4. The van der Waals surface area contributed by atoms with E-state index < -0.39 is 0 Å². The predicted molar refractivity (Wildman–Crippen MR) is 82.0 cm³/mol. The van der Waals surface area contributed by atoms with E-state index in [9.17, 15) is 9.90 Å². The average molecular weight is 328 g/mol. The molecule has 106 valence electrons. The third-order valence-electron chi connectivity index (χ3n) is 3.41. The highest BCUT2D eigenvalue weighted by atomic mass is 79.9. The van der Waals surface area contributed by atoms with Crippen LogP contribution in [0.25, 0.3) is 0 Å². The molecule has 0 aliphatic rings. The first-order valence-electron chi connectivity index (χ1n) is 6.71. The smallest absolute Gasteiger partial charge is 0.254 e. The molecule has 0 saturated carbocycles. The molecule has 0 heterocycles. The lowest BCUT2D eigenvalue weighted by Crippen LogP contribution is -2.41. The molecule has 0 saturated heterocycles. The van der Waals surface area contributed by atoms with Crippen molar-refractivity contribution in [2.75, 3.05) is 11.9 Å². The van der Waals surface area contributed by atoms with Gasteiger partial charge in [-0.25, -0.2) is 0 Å². The minimum atomic E-state index is 0.0382. The molecule has 0 aliphatic heterocycles. The fraction of sp³-hybridized carbons (Fsp3) is 0.533. The lowest BCUT2D eigenvalue weighted by Gasteiger charge is -2.30. The van der Waals surface area contributed by atoms with Gasteiger partial charge in [-0.2, -0.15) is 0 Å². The fourth-order valence-electron chi connectivity index (χ4n) is 2.22. The number of aromatic hydroxyl groups is 1. The van der Waals surface area contributed by atoms with Gasteiger partial charge in [0.05, 0.1) is 0 Å². The van der Waals surface area contributed by atoms with Crippen LogP contribution in [0.2, 0.25) is 0 Å². The Bertz CT molecular complexity index is 430. The van der Waals surface area contributed by atoms with Crippen molar-refractivity contribution in [3.63, 3.8) is 0 Å². The van der Waals surface area contributed by atoms with Crippen LogP contribution in [0.4, 0.5) is 0 Å². The Morgan fingerprint density at radius 2 is 2.00 bits per heavy atom. The molecule has 19 heavy (non-hydrogen) atoms. The third-order valence-corrected chi connectivity index (χ3v) is 3.77. The Hall–Kier alpha value is -1.03. The minimum absolute atomic E-state index is 0.0382. The quantitative estimate of drug-likeness (QED) is 0.809. The number of halogens is 1. The van der Waals surface area contributed by atoms with Gasteiger partial charge in [-0.15, -0.1) is 0 Å². The second kappa shape index (κ2) is 7.53. The van der Waals surface area contributed by atoms with Gasteiger partial charge in [-0.05, 0) is 43.5 Å². The van der Waals surface area contributed by atoms with Crippen LogP contribution in [0, 0.1) is 6.92 Å².